The van der Waals surface area contributed by atoms with Gasteiger partial charge in [-0.1, -0.05) is 18.2 Å². The van der Waals surface area contributed by atoms with Gasteiger partial charge < -0.3 is 15.0 Å². The van der Waals surface area contributed by atoms with Crippen LogP contribution in [0.5, 0.6) is 0 Å². The predicted molar refractivity (Wildman–Crippen MR) is 116 cm³/mol. The number of carbonyl (C=O) groups is 1. The second-order valence-electron chi connectivity index (χ2n) is 7.76. The van der Waals surface area contributed by atoms with Crippen LogP contribution in [0.4, 0.5) is 13.2 Å². The molecule has 1 amide bonds. The van der Waals surface area contributed by atoms with E-state index in [1.54, 1.807) is 18.2 Å². The first kappa shape index (κ1) is 22.5. The number of carbonyl (C=O) groups excluding carboxylic acids is 1. The molecule has 2 aromatic carbocycles. The SMILES string of the molecule is Cc1nc2cc(C(=O)NCCC(O)(c3nccn3C)C(F)(F)F)ccc2n1-c1ccccc1. The van der Waals surface area contributed by atoms with Crippen molar-refractivity contribution in [2.45, 2.75) is 25.1 Å². The zero-order valence-electron chi connectivity index (χ0n) is 18.0. The summed E-state index contributed by atoms with van der Waals surface area (Å²) in [5, 5.41) is 12.8. The number of rotatable bonds is 6. The Kier molecular flexibility index (Phi) is 5.71. The maximum Gasteiger partial charge on any atom is 0.424 e. The number of alkyl halides is 3. The van der Waals surface area contributed by atoms with Gasteiger partial charge in [0.2, 0.25) is 5.60 Å². The summed E-state index contributed by atoms with van der Waals surface area (Å²) in [6.07, 6.45) is -3.25. The van der Waals surface area contributed by atoms with Crippen LogP contribution in [0.25, 0.3) is 16.7 Å². The van der Waals surface area contributed by atoms with Gasteiger partial charge in [0.25, 0.3) is 5.91 Å². The third kappa shape index (κ3) is 4.09. The third-order valence-electron chi connectivity index (χ3n) is 5.53. The average Bonchev–Trinajstić information content (AvgIpc) is 3.35. The second kappa shape index (κ2) is 8.36. The number of hydrogen-bond donors (Lipinski definition) is 2. The fourth-order valence-electron chi connectivity index (χ4n) is 3.85. The summed E-state index contributed by atoms with van der Waals surface area (Å²) in [6.45, 7) is 1.44. The molecule has 0 aliphatic rings. The molecule has 0 aliphatic carbocycles. The van der Waals surface area contributed by atoms with Gasteiger partial charge in [-0.2, -0.15) is 13.2 Å². The van der Waals surface area contributed by atoms with E-state index in [9.17, 15) is 23.1 Å². The van der Waals surface area contributed by atoms with Crippen LogP contribution in [0, 0.1) is 6.92 Å². The molecule has 4 aromatic rings. The first-order valence-corrected chi connectivity index (χ1v) is 10.2. The Balaban J connectivity index is 1.52. The summed E-state index contributed by atoms with van der Waals surface area (Å²) < 4.78 is 43.9. The maximum atomic E-state index is 13.6. The molecule has 0 saturated carbocycles. The Morgan fingerprint density at radius 1 is 1.15 bits per heavy atom. The molecule has 4 rings (SSSR count). The number of aliphatic hydroxyl groups is 1. The number of hydrogen-bond acceptors (Lipinski definition) is 4. The van der Waals surface area contributed by atoms with Crippen molar-refractivity contribution in [2.75, 3.05) is 6.54 Å². The molecule has 1 unspecified atom stereocenters. The van der Waals surface area contributed by atoms with Gasteiger partial charge in [-0.3, -0.25) is 9.36 Å². The first-order chi connectivity index (χ1) is 15.6. The first-order valence-electron chi connectivity index (χ1n) is 10.2. The Morgan fingerprint density at radius 2 is 1.88 bits per heavy atom. The molecule has 0 saturated heterocycles. The van der Waals surface area contributed by atoms with Crippen molar-refractivity contribution < 1.29 is 23.1 Å². The van der Waals surface area contributed by atoms with Crippen molar-refractivity contribution in [1.82, 2.24) is 24.4 Å². The van der Waals surface area contributed by atoms with E-state index in [2.05, 4.69) is 15.3 Å². The number of imidazole rings is 2. The normalized spacial score (nSPS) is 13.8. The molecular weight excluding hydrogens is 435 g/mol. The quantitative estimate of drug-likeness (QED) is 0.463. The zero-order chi connectivity index (χ0) is 23.8. The number of aromatic nitrogens is 4. The van der Waals surface area contributed by atoms with E-state index in [4.69, 9.17) is 0 Å². The van der Waals surface area contributed by atoms with Crippen molar-refractivity contribution in [1.29, 1.82) is 0 Å². The van der Waals surface area contributed by atoms with Crippen LogP contribution in [0.15, 0.2) is 60.9 Å². The van der Waals surface area contributed by atoms with Crippen LogP contribution >= 0.6 is 0 Å². The number of amides is 1. The summed E-state index contributed by atoms with van der Waals surface area (Å²) in [7, 11) is 1.36. The van der Waals surface area contributed by atoms with E-state index < -0.39 is 36.5 Å². The molecule has 0 spiro atoms. The Labute approximate surface area is 187 Å². The van der Waals surface area contributed by atoms with Crippen LogP contribution in [-0.4, -0.2) is 42.8 Å². The highest BCUT2D eigenvalue weighted by Gasteiger charge is 2.57. The largest absolute Gasteiger partial charge is 0.424 e. The summed E-state index contributed by atoms with van der Waals surface area (Å²) in [6, 6.07) is 14.5. The van der Waals surface area contributed by atoms with Gasteiger partial charge in [-0.25, -0.2) is 9.97 Å². The van der Waals surface area contributed by atoms with Crippen molar-refractivity contribution >= 4 is 16.9 Å². The molecule has 0 aliphatic heterocycles. The fraction of sp³-hybridized carbons (Fsp3) is 0.261. The van der Waals surface area contributed by atoms with Gasteiger partial charge in [0.05, 0.1) is 11.0 Å². The minimum absolute atomic E-state index is 0.257. The summed E-state index contributed by atoms with van der Waals surface area (Å²) >= 11 is 0. The molecule has 0 radical (unpaired) electrons. The van der Waals surface area contributed by atoms with Crippen LogP contribution in [-0.2, 0) is 12.6 Å². The lowest BCUT2D eigenvalue weighted by molar-refractivity contribution is -0.272. The number of halogens is 3. The number of fused-ring (bicyclic) bond motifs is 1. The molecule has 2 N–H and O–H groups in total. The van der Waals surface area contributed by atoms with Gasteiger partial charge >= 0.3 is 6.18 Å². The lowest BCUT2D eigenvalue weighted by atomic mass is 9.97. The smallest absolute Gasteiger partial charge is 0.374 e. The molecule has 10 heteroatoms. The number of nitrogens with zero attached hydrogens (tertiary/aromatic N) is 4. The van der Waals surface area contributed by atoms with Crippen molar-refractivity contribution in [3.63, 3.8) is 0 Å². The molecule has 0 fully saturated rings. The number of benzene rings is 2. The maximum absolute atomic E-state index is 13.6. The highest BCUT2D eigenvalue weighted by Crippen LogP contribution is 2.40. The number of para-hydroxylation sites is 1. The topological polar surface area (TPSA) is 85.0 Å². The fourth-order valence-corrected chi connectivity index (χ4v) is 3.85. The van der Waals surface area contributed by atoms with Gasteiger partial charge in [-0.05, 0) is 37.3 Å². The van der Waals surface area contributed by atoms with E-state index >= 15 is 0 Å². The lowest BCUT2D eigenvalue weighted by Crippen LogP contribution is -2.46. The van der Waals surface area contributed by atoms with Crippen molar-refractivity contribution in [3.8, 4) is 5.69 Å². The van der Waals surface area contributed by atoms with E-state index in [1.165, 1.54) is 19.4 Å². The lowest BCUT2D eigenvalue weighted by Gasteiger charge is -2.29. The van der Waals surface area contributed by atoms with E-state index in [-0.39, 0.29) is 5.56 Å². The van der Waals surface area contributed by atoms with Gasteiger partial charge in [0.15, 0.2) is 0 Å². The molecular formula is C23H22F3N5O2. The van der Waals surface area contributed by atoms with Crippen LogP contribution in [0.2, 0.25) is 0 Å². The Morgan fingerprint density at radius 3 is 2.52 bits per heavy atom. The molecule has 7 nitrogen and oxygen atoms in total. The van der Waals surface area contributed by atoms with Gasteiger partial charge in [0.1, 0.15) is 11.6 Å². The minimum atomic E-state index is -4.96. The number of aryl methyl sites for hydroxylation is 2. The molecule has 1 atom stereocenters. The molecule has 0 bridgehead atoms. The average molecular weight is 457 g/mol. The molecule has 2 aromatic heterocycles. The predicted octanol–water partition coefficient (Wildman–Crippen LogP) is 3.64. The highest BCUT2D eigenvalue weighted by molar-refractivity contribution is 5.97. The van der Waals surface area contributed by atoms with E-state index in [0.29, 0.717) is 5.52 Å². The standard InChI is InChI=1S/C23H22F3N5O2/c1-15-29-18-14-16(8-9-19(18)31(15)17-6-4-3-5-7-17)20(32)27-11-10-22(33,23(24,25)26)21-28-12-13-30(21)2/h3-9,12-14,33H,10-11H2,1-2H3,(H,27,32). The van der Waals surface area contributed by atoms with Crippen molar-refractivity contribution in [2.24, 2.45) is 7.05 Å². The Bertz CT molecular complexity index is 1300. The Hall–Kier alpha value is -3.66. The number of nitrogens with one attached hydrogen (secondary N) is 1. The van der Waals surface area contributed by atoms with Crippen LogP contribution < -0.4 is 5.32 Å². The zero-order valence-corrected chi connectivity index (χ0v) is 18.0. The summed E-state index contributed by atoms with van der Waals surface area (Å²) in [5.74, 6) is -0.361. The van der Waals surface area contributed by atoms with Crippen molar-refractivity contribution in [3.05, 3.63) is 78.1 Å². The minimum Gasteiger partial charge on any atom is -0.374 e. The van der Waals surface area contributed by atoms with Gasteiger partial charge in [-0.15, -0.1) is 0 Å². The third-order valence-corrected chi connectivity index (χ3v) is 5.53. The van der Waals surface area contributed by atoms with Crippen LogP contribution in [0.3, 0.4) is 0 Å². The van der Waals surface area contributed by atoms with E-state index in [0.717, 1.165) is 21.6 Å². The highest BCUT2D eigenvalue weighted by atomic mass is 19.4. The van der Waals surface area contributed by atoms with Gasteiger partial charge in [0, 0.05) is 43.7 Å². The molecule has 172 valence electrons. The monoisotopic (exact) mass is 457 g/mol. The van der Waals surface area contributed by atoms with E-state index in [1.807, 2.05) is 41.8 Å². The summed E-state index contributed by atoms with van der Waals surface area (Å²) in [5.41, 5.74) is -0.614. The summed E-state index contributed by atoms with van der Waals surface area (Å²) in [4.78, 5) is 20.8. The second-order valence-corrected chi connectivity index (χ2v) is 7.76. The molecule has 2 heterocycles. The van der Waals surface area contributed by atoms with Crippen LogP contribution in [0.1, 0.15) is 28.4 Å². The molecule has 33 heavy (non-hydrogen) atoms.